The van der Waals surface area contributed by atoms with Crippen molar-refractivity contribution in [2.75, 3.05) is 26.4 Å². The molecular weight excluding hydrogens is 928 g/mol. The van der Waals surface area contributed by atoms with Crippen molar-refractivity contribution in [3.05, 3.63) is 60.8 Å². The minimum absolute atomic E-state index is 0.145. The summed E-state index contributed by atoms with van der Waals surface area (Å²) >= 11 is 0. The van der Waals surface area contributed by atoms with E-state index in [1.54, 1.807) is 0 Å². The van der Waals surface area contributed by atoms with E-state index in [0.29, 0.717) is 19.3 Å². The molecule has 0 aromatic heterocycles. The van der Waals surface area contributed by atoms with Crippen LogP contribution in [0.15, 0.2) is 60.8 Å². The number of unbranched alkanes of at least 4 members (excludes halogenated alkanes) is 27. The van der Waals surface area contributed by atoms with Crippen molar-refractivity contribution >= 4 is 25.7 Å². The fourth-order valence-corrected chi connectivity index (χ4v) is 8.77. The van der Waals surface area contributed by atoms with Gasteiger partial charge in [0.25, 0.3) is 0 Å². The topological polar surface area (TPSA) is 155 Å². The van der Waals surface area contributed by atoms with Crippen LogP contribution < -0.4 is 0 Å². The zero-order valence-electron chi connectivity index (χ0n) is 46.1. The monoisotopic (exact) mass is 1030 g/mol. The molecule has 418 valence electrons. The molecule has 2 N–H and O–H groups in total. The Kier molecular flexibility index (Phi) is 52.3. The van der Waals surface area contributed by atoms with Gasteiger partial charge in [-0.1, -0.05) is 223 Å². The molecule has 0 aliphatic rings. The molecule has 72 heavy (non-hydrogen) atoms. The van der Waals surface area contributed by atoms with Crippen molar-refractivity contribution in [3.8, 4) is 0 Å². The molecule has 0 fully saturated rings. The fourth-order valence-electron chi connectivity index (χ4n) is 7.99. The molecule has 0 saturated heterocycles. The number of hydrogen-bond acceptors (Lipinski definition) is 10. The minimum atomic E-state index is -4.75. The van der Waals surface area contributed by atoms with E-state index in [1.165, 1.54) is 89.9 Å². The fraction of sp³-hybridized carbons (Fsp3) is 0.783. The van der Waals surface area contributed by atoms with Crippen molar-refractivity contribution in [2.24, 2.45) is 0 Å². The van der Waals surface area contributed by atoms with Gasteiger partial charge < -0.3 is 24.2 Å². The van der Waals surface area contributed by atoms with Gasteiger partial charge in [0.05, 0.1) is 19.8 Å². The van der Waals surface area contributed by atoms with Gasteiger partial charge in [-0.05, 0) is 83.5 Å². The van der Waals surface area contributed by atoms with E-state index >= 15 is 0 Å². The quantitative estimate of drug-likeness (QED) is 0.0197. The van der Waals surface area contributed by atoms with E-state index < -0.39 is 57.8 Å². The molecule has 0 spiro atoms. The van der Waals surface area contributed by atoms with Crippen LogP contribution in [-0.2, 0) is 42.2 Å². The number of phosphoric acid groups is 1. The average Bonchev–Trinajstić information content (AvgIpc) is 3.37. The predicted octanol–water partition coefficient (Wildman–Crippen LogP) is 17.1. The highest BCUT2D eigenvalue weighted by molar-refractivity contribution is 7.47. The van der Waals surface area contributed by atoms with Gasteiger partial charge in [-0.3, -0.25) is 23.4 Å². The Morgan fingerprint density at radius 3 is 1.14 bits per heavy atom. The second-order valence-electron chi connectivity index (χ2n) is 19.4. The summed E-state index contributed by atoms with van der Waals surface area (Å²) in [5, 5.41) is 9.82. The Labute approximate surface area is 440 Å². The van der Waals surface area contributed by atoms with Gasteiger partial charge in [0.1, 0.15) is 12.7 Å². The standard InChI is InChI=1S/C60H107O11P/c1-4-7-10-13-16-19-22-25-28-31-34-37-40-43-46-49-58(62)67-53-57(71-60(64)51-48-45-42-39-36-33-30-27-24-21-18-15-12-9-6-3)55-69-72(65,66)68-54-56(52-61)70-59(63)50-47-44-41-38-35-32-29-26-23-20-17-14-11-8-5-2/h9,12,16,18-19,21,25,27-28,30,56-57,61H,4-8,10-11,13-15,17,20,22-24,26,29,31-55H2,1-3H3,(H,65,66)/b12-9-,19-16-,21-18-,28-25-,30-27-. The van der Waals surface area contributed by atoms with Gasteiger partial charge in [0.2, 0.25) is 0 Å². The molecule has 11 nitrogen and oxygen atoms in total. The lowest BCUT2D eigenvalue weighted by Crippen LogP contribution is -2.30. The normalized spacial score (nSPS) is 13.8. The Morgan fingerprint density at radius 1 is 0.403 bits per heavy atom. The van der Waals surface area contributed by atoms with E-state index in [9.17, 15) is 28.9 Å². The Hall–Kier alpha value is -2.82. The van der Waals surface area contributed by atoms with Crippen LogP contribution in [0.25, 0.3) is 0 Å². The van der Waals surface area contributed by atoms with Crippen LogP contribution in [0.4, 0.5) is 0 Å². The summed E-state index contributed by atoms with van der Waals surface area (Å²) in [6, 6.07) is 0. The van der Waals surface area contributed by atoms with Gasteiger partial charge in [0, 0.05) is 19.3 Å². The number of ether oxygens (including phenoxy) is 3. The zero-order chi connectivity index (χ0) is 52.7. The number of aliphatic hydroxyl groups is 1. The number of allylic oxidation sites excluding steroid dienone is 10. The molecule has 0 bridgehead atoms. The molecule has 3 atom stereocenters. The van der Waals surface area contributed by atoms with E-state index in [1.807, 2.05) is 0 Å². The third kappa shape index (κ3) is 52.1. The van der Waals surface area contributed by atoms with Gasteiger partial charge in [-0.2, -0.15) is 0 Å². The summed E-state index contributed by atoms with van der Waals surface area (Å²) in [5.74, 6) is -1.49. The molecule has 0 aliphatic carbocycles. The number of carbonyl (C=O) groups excluding carboxylic acids is 3. The highest BCUT2D eigenvalue weighted by Crippen LogP contribution is 2.43. The number of rotatable bonds is 54. The minimum Gasteiger partial charge on any atom is -0.462 e. The summed E-state index contributed by atoms with van der Waals surface area (Å²) in [6.45, 7) is 4.50. The molecule has 12 heteroatoms. The molecule has 0 radical (unpaired) electrons. The van der Waals surface area contributed by atoms with Crippen LogP contribution in [0.1, 0.15) is 265 Å². The number of esters is 3. The van der Waals surface area contributed by atoms with E-state index in [2.05, 4.69) is 81.5 Å². The van der Waals surface area contributed by atoms with Crippen molar-refractivity contribution in [1.29, 1.82) is 0 Å². The van der Waals surface area contributed by atoms with Crippen molar-refractivity contribution in [1.82, 2.24) is 0 Å². The van der Waals surface area contributed by atoms with E-state index in [4.69, 9.17) is 23.3 Å². The Bertz CT molecular complexity index is 1440. The van der Waals surface area contributed by atoms with Crippen LogP contribution in [0.2, 0.25) is 0 Å². The second kappa shape index (κ2) is 54.4. The second-order valence-corrected chi connectivity index (χ2v) is 20.9. The third-order valence-electron chi connectivity index (χ3n) is 12.4. The number of phosphoric ester groups is 1. The first kappa shape index (κ1) is 69.2. The van der Waals surface area contributed by atoms with Crippen LogP contribution in [0, 0.1) is 0 Å². The number of carbonyl (C=O) groups is 3. The summed E-state index contributed by atoms with van der Waals surface area (Å²) in [5.41, 5.74) is 0. The SMILES string of the molecule is CC/C=C\C/C=C\C/C=C\CCCCCCCC(=O)OC(COC(=O)CCCCCCC/C=C\C/C=C\CCCCC)COP(=O)(O)OCC(CO)OC(=O)CCCCCCCCCCCCCCCCC. The summed E-state index contributed by atoms with van der Waals surface area (Å²) in [4.78, 5) is 48.5. The Morgan fingerprint density at radius 2 is 0.722 bits per heavy atom. The number of aliphatic hydroxyl groups excluding tert-OH is 1. The first-order valence-electron chi connectivity index (χ1n) is 29.2. The van der Waals surface area contributed by atoms with Gasteiger partial charge >= 0.3 is 25.7 Å². The van der Waals surface area contributed by atoms with Crippen molar-refractivity contribution in [2.45, 2.75) is 277 Å². The lowest BCUT2D eigenvalue weighted by Gasteiger charge is -2.21. The van der Waals surface area contributed by atoms with Gasteiger partial charge in [-0.15, -0.1) is 0 Å². The largest absolute Gasteiger partial charge is 0.472 e. The Balaban J connectivity index is 4.73. The van der Waals surface area contributed by atoms with Crippen molar-refractivity contribution in [3.63, 3.8) is 0 Å². The molecule has 3 unspecified atom stereocenters. The molecule has 0 saturated carbocycles. The molecular formula is C60H107O11P. The molecule has 0 amide bonds. The molecule has 0 aromatic rings. The van der Waals surface area contributed by atoms with Crippen LogP contribution >= 0.6 is 7.82 Å². The maximum absolute atomic E-state index is 12.9. The maximum atomic E-state index is 12.9. The van der Waals surface area contributed by atoms with E-state index in [0.717, 1.165) is 116 Å². The van der Waals surface area contributed by atoms with Crippen molar-refractivity contribution < 1.29 is 52.2 Å². The number of hydrogen-bond donors (Lipinski definition) is 2. The van der Waals surface area contributed by atoms with Gasteiger partial charge in [-0.25, -0.2) is 4.57 Å². The smallest absolute Gasteiger partial charge is 0.462 e. The van der Waals surface area contributed by atoms with Crippen LogP contribution in [0.5, 0.6) is 0 Å². The summed E-state index contributed by atoms with van der Waals surface area (Å²) in [7, 11) is -4.75. The first-order valence-corrected chi connectivity index (χ1v) is 30.7. The molecule has 0 aliphatic heterocycles. The highest BCUT2D eigenvalue weighted by atomic mass is 31.2. The van der Waals surface area contributed by atoms with Gasteiger partial charge in [0.15, 0.2) is 6.10 Å². The average molecular weight is 1040 g/mol. The molecule has 0 rings (SSSR count). The lowest BCUT2D eigenvalue weighted by molar-refractivity contribution is -0.161. The molecule has 0 aromatic carbocycles. The lowest BCUT2D eigenvalue weighted by atomic mass is 10.0. The molecule has 0 heterocycles. The first-order chi connectivity index (χ1) is 35.2. The summed E-state index contributed by atoms with van der Waals surface area (Å²) < 4.78 is 39.5. The predicted molar refractivity (Wildman–Crippen MR) is 298 cm³/mol. The highest BCUT2D eigenvalue weighted by Gasteiger charge is 2.28. The van der Waals surface area contributed by atoms with Crippen LogP contribution in [0.3, 0.4) is 0 Å². The van der Waals surface area contributed by atoms with Crippen LogP contribution in [-0.4, -0.2) is 66.5 Å². The zero-order valence-corrected chi connectivity index (χ0v) is 47.0. The maximum Gasteiger partial charge on any atom is 0.472 e. The summed E-state index contributed by atoms with van der Waals surface area (Å²) in [6.07, 6.45) is 58.9. The van der Waals surface area contributed by atoms with E-state index in [-0.39, 0.29) is 25.9 Å². The third-order valence-corrected chi connectivity index (χ3v) is 13.4.